The fourth-order valence-corrected chi connectivity index (χ4v) is 2.63. The summed E-state index contributed by atoms with van der Waals surface area (Å²) in [5.41, 5.74) is -0.148. The first-order valence-corrected chi connectivity index (χ1v) is 7.29. The van der Waals surface area contributed by atoms with Crippen molar-refractivity contribution in [1.82, 2.24) is 4.98 Å². The van der Waals surface area contributed by atoms with Crippen molar-refractivity contribution in [3.8, 4) is 0 Å². The van der Waals surface area contributed by atoms with Crippen LogP contribution in [0.15, 0.2) is 23.0 Å². The number of hydrogen-bond donors (Lipinski definition) is 1. The van der Waals surface area contributed by atoms with E-state index in [9.17, 15) is 9.18 Å². The van der Waals surface area contributed by atoms with Crippen LogP contribution in [0.3, 0.4) is 0 Å². The van der Waals surface area contributed by atoms with Crippen molar-refractivity contribution in [2.75, 3.05) is 0 Å². The normalized spacial score (nSPS) is 19.8. The molecule has 6 heteroatoms. The van der Waals surface area contributed by atoms with Gasteiger partial charge in [0, 0.05) is 5.69 Å². The summed E-state index contributed by atoms with van der Waals surface area (Å²) in [6.07, 6.45) is 0. The highest BCUT2D eigenvalue weighted by molar-refractivity contribution is 6.62. The molecule has 0 atom stereocenters. The minimum absolute atomic E-state index is 0.0610. The van der Waals surface area contributed by atoms with Crippen molar-refractivity contribution in [3.05, 3.63) is 40.1 Å². The molecule has 0 spiro atoms. The highest BCUT2D eigenvalue weighted by Gasteiger charge is 2.51. The maximum Gasteiger partial charge on any atom is 0.494 e. The average molecular weight is 303 g/mol. The number of H-pyrrole nitrogens is 1. The molecule has 0 aliphatic carbocycles. The predicted octanol–water partition coefficient (Wildman–Crippen LogP) is 2.27. The Morgan fingerprint density at radius 2 is 1.68 bits per heavy atom. The van der Waals surface area contributed by atoms with Gasteiger partial charge in [0.1, 0.15) is 5.82 Å². The highest BCUT2D eigenvalue weighted by Crippen LogP contribution is 2.36. The number of halogens is 1. The second-order valence-electron chi connectivity index (χ2n) is 6.84. The van der Waals surface area contributed by atoms with Crippen LogP contribution < -0.4 is 11.0 Å². The van der Waals surface area contributed by atoms with E-state index >= 15 is 0 Å². The van der Waals surface area contributed by atoms with E-state index in [2.05, 4.69) is 4.98 Å². The lowest BCUT2D eigenvalue weighted by Gasteiger charge is -2.32. The van der Waals surface area contributed by atoms with Gasteiger partial charge in [-0.1, -0.05) is 6.07 Å². The van der Waals surface area contributed by atoms with Crippen LogP contribution >= 0.6 is 0 Å². The summed E-state index contributed by atoms with van der Waals surface area (Å²) in [5.74, 6) is -0.566. The zero-order valence-corrected chi connectivity index (χ0v) is 13.4. The smallest absolute Gasteiger partial charge is 0.399 e. The summed E-state index contributed by atoms with van der Waals surface area (Å²) in [4.78, 5) is 14.5. The van der Waals surface area contributed by atoms with E-state index in [1.165, 1.54) is 6.07 Å². The van der Waals surface area contributed by atoms with Crippen LogP contribution in [0, 0.1) is 12.7 Å². The molecule has 1 aliphatic heterocycles. The maximum atomic E-state index is 14.3. The minimum atomic E-state index is -0.650. The van der Waals surface area contributed by atoms with Gasteiger partial charge in [0.05, 0.1) is 16.6 Å². The van der Waals surface area contributed by atoms with Gasteiger partial charge < -0.3 is 14.3 Å². The lowest BCUT2D eigenvalue weighted by Crippen LogP contribution is -2.41. The molecule has 4 nitrogen and oxygen atoms in total. The Hall–Kier alpha value is -1.66. The van der Waals surface area contributed by atoms with Gasteiger partial charge in [-0.25, -0.2) is 4.39 Å². The van der Waals surface area contributed by atoms with E-state index in [1.54, 1.807) is 19.1 Å². The van der Waals surface area contributed by atoms with E-state index in [1.807, 2.05) is 27.7 Å². The summed E-state index contributed by atoms with van der Waals surface area (Å²) in [7, 11) is -0.650. The van der Waals surface area contributed by atoms with Crippen molar-refractivity contribution in [2.45, 2.75) is 45.8 Å². The Bertz CT molecular complexity index is 797. The third kappa shape index (κ3) is 2.27. The number of hydrogen-bond acceptors (Lipinski definition) is 3. The molecule has 3 rings (SSSR count). The lowest BCUT2D eigenvalue weighted by atomic mass is 9.78. The molecular formula is C16H19BFNO3. The van der Waals surface area contributed by atoms with Crippen LogP contribution in [0.5, 0.6) is 0 Å². The zero-order valence-electron chi connectivity index (χ0n) is 13.4. The Kier molecular flexibility index (Phi) is 3.24. The van der Waals surface area contributed by atoms with E-state index in [4.69, 9.17) is 9.31 Å². The third-order valence-corrected chi connectivity index (χ3v) is 4.58. The highest BCUT2D eigenvalue weighted by atomic mass is 19.1. The van der Waals surface area contributed by atoms with E-state index in [0.717, 1.165) is 0 Å². The second-order valence-corrected chi connectivity index (χ2v) is 6.84. The quantitative estimate of drug-likeness (QED) is 0.822. The Morgan fingerprint density at radius 1 is 1.09 bits per heavy atom. The van der Waals surface area contributed by atoms with Crippen molar-refractivity contribution < 1.29 is 13.7 Å². The summed E-state index contributed by atoms with van der Waals surface area (Å²) < 4.78 is 26.2. The van der Waals surface area contributed by atoms with Crippen molar-refractivity contribution in [2.24, 2.45) is 0 Å². The van der Waals surface area contributed by atoms with Crippen LogP contribution in [0.1, 0.15) is 33.4 Å². The first kappa shape index (κ1) is 15.2. The van der Waals surface area contributed by atoms with Crippen LogP contribution in [0.25, 0.3) is 10.8 Å². The van der Waals surface area contributed by atoms with Gasteiger partial charge in [-0.05, 0) is 57.6 Å². The summed E-state index contributed by atoms with van der Waals surface area (Å²) >= 11 is 0. The van der Waals surface area contributed by atoms with E-state index in [-0.39, 0.29) is 5.39 Å². The van der Waals surface area contributed by atoms with Gasteiger partial charge in [-0.3, -0.25) is 4.79 Å². The SMILES string of the molecule is Cc1cc2cc(B3OC(C)(C)C(C)(C)O3)cc(F)c2c(=O)[nH]1. The average Bonchev–Trinajstić information content (AvgIpc) is 2.56. The van der Waals surface area contributed by atoms with Gasteiger partial charge >= 0.3 is 7.12 Å². The lowest BCUT2D eigenvalue weighted by molar-refractivity contribution is 0.00578. The van der Waals surface area contributed by atoms with Crippen molar-refractivity contribution in [1.29, 1.82) is 0 Å². The van der Waals surface area contributed by atoms with Gasteiger partial charge in [-0.15, -0.1) is 0 Å². The molecule has 0 radical (unpaired) electrons. The molecule has 1 aromatic carbocycles. The number of aromatic amines is 1. The van der Waals surface area contributed by atoms with Crippen molar-refractivity contribution >= 4 is 23.4 Å². The molecule has 0 saturated carbocycles. The summed E-state index contributed by atoms with van der Waals surface area (Å²) in [6, 6.07) is 4.81. The Balaban J connectivity index is 2.12. The fraction of sp³-hybridized carbons (Fsp3) is 0.438. The third-order valence-electron chi connectivity index (χ3n) is 4.58. The van der Waals surface area contributed by atoms with Gasteiger partial charge in [0.2, 0.25) is 0 Å². The molecular weight excluding hydrogens is 284 g/mol. The van der Waals surface area contributed by atoms with E-state index < -0.39 is 29.7 Å². The number of fused-ring (bicyclic) bond motifs is 1. The largest absolute Gasteiger partial charge is 0.494 e. The van der Waals surface area contributed by atoms with Crippen LogP contribution in [0.2, 0.25) is 0 Å². The Labute approximate surface area is 128 Å². The first-order chi connectivity index (χ1) is 10.1. The van der Waals surface area contributed by atoms with Crippen LogP contribution in [-0.2, 0) is 9.31 Å². The monoisotopic (exact) mass is 303 g/mol. The number of aromatic nitrogens is 1. The number of pyridine rings is 1. The topological polar surface area (TPSA) is 51.3 Å². The predicted molar refractivity (Wildman–Crippen MR) is 85.0 cm³/mol. The standard InChI is InChI=1S/C16H19BFNO3/c1-9-6-10-7-11(8-12(18)13(10)14(20)19-9)17-21-15(2,3)16(4,5)22-17/h6-8H,1-5H3,(H,19,20). The Morgan fingerprint density at radius 3 is 2.27 bits per heavy atom. The minimum Gasteiger partial charge on any atom is -0.399 e. The molecule has 116 valence electrons. The van der Waals surface area contributed by atoms with E-state index in [0.29, 0.717) is 16.5 Å². The molecule has 1 N–H and O–H groups in total. The molecule has 1 aromatic heterocycles. The summed E-state index contributed by atoms with van der Waals surface area (Å²) in [5, 5.41) is 0.608. The van der Waals surface area contributed by atoms with Gasteiger partial charge in [0.15, 0.2) is 0 Å². The zero-order chi connectivity index (χ0) is 16.3. The number of nitrogens with one attached hydrogen (secondary N) is 1. The molecule has 0 unspecified atom stereocenters. The fourth-order valence-electron chi connectivity index (χ4n) is 2.63. The van der Waals surface area contributed by atoms with Gasteiger partial charge in [0.25, 0.3) is 5.56 Å². The molecule has 22 heavy (non-hydrogen) atoms. The number of benzene rings is 1. The van der Waals surface area contributed by atoms with Crippen molar-refractivity contribution in [3.63, 3.8) is 0 Å². The number of aryl methyl sites for hydroxylation is 1. The molecule has 0 amide bonds. The molecule has 1 saturated heterocycles. The molecule has 0 bridgehead atoms. The molecule has 2 aromatic rings. The van der Waals surface area contributed by atoms with Crippen LogP contribution in [-0.4, -0.2) is 23.3 Å². The molecule has 1 aliphatic rings. The van der Waals surface area contributed by atoms with Gasteiger partial charge in [-0.2, -0.15) is 0 Å². The summed E-state index contributed by atoms with van der Waals surface area (Å²) in [6.45, 7) is 9.54. The number of rotatable bonds is 1. The van der Waals surface area contributed by atoms with Crippen LogP contribution in [0.4, 0.5) is 4.39 Å². The second kappa shape index (κ2) is 4.67. The molecule has 1 fully saturated rings. The maximum absolute atomic E-state index is 14.3. The molecule has 2 heterocycles. The first-order valence-electron chi connectivity index (χ1n) is 7.29.